The first-order valence-electron chi connectivity index (χ1n) is 6.67. The Kier molecular flexibility index (Phi) is 5.85. The van der Waals surface area contributed by atoms with Crippen LogP contribution in [-0.2, 0) is 13.0 Å². The van der Waals surface area contributed by atoms with Crippen LogP contribution in [-0.4, -0.2) is 28.8 Å². The smallest absolute Gasteiger partial charge is 0.269 e. The first-order valence-corrected chi connectivity index (χ1v) is 6.67. The molecule has 0 saturated carbocycles. The lowest BCUT2D eigenvalue weighted by molar-refractivity contribution is 0.0937. The van der Waals surface area contributed by atoms with Crippen LogP contribution >= 0.6 is 0 Å². The molecule has 1 heterocycles. The monoisotopic (exact) mass is 252 g/mol. The molecule has 102 valence electrons. The van der Waals surface area contributed by atoms with E-state index in [2.05, 4.69) is 17.3 Å². The number of nitrogens with one attached hydrogen (secondary N) is 1. The third-order valence-corrected chi connectivity index (χ3v) is 3.00. The van der Waals surface area contributed by atoms with Crippen molar-refractivity contribution in [2.45, 2.75) is 40.2 Å². The zero-order chi connectivity index (χ0) is 13.5. The lowest BCUT2D eigenvalue weighted by Gasteiger charge is -2.11. The fraction of sp³-hybridized carbons (Fsp3) is 0.692. The summed E-state index contributed by atoms with van der Waals surface area (Å²) in [5.41, 5.74) is 7.09. The highest BCUT2D eigenvalue weighted by Crippen LogP contribution is 2.06. The Morgan fingerprint density at radius 3 is 2.83 bits per heavy atom. The summed E-state index contributed by atoms with van der Waals surface area (Å²) in [5.74, 6) is 0.357. The summed E-state index contributed by atoms with van der Waals surface area (Å²) < 4.78 is 1.75. The number of aryl methyl sites for hydroxylation is 2. The van der Waals surface area contributed by atoms with Gasteiger partial charge >= 0.3 is 0 Å². The molecule has 0 radical (unpaired) electrons. The highest BCUT2D eigenvalue weighted by molar-refractivity contribution is 5.92. The van der Waals surface area contributed by atoms with Crippen molar-refractivity contribution in [3.8, 4) is 0 Å². The molecule has 1 unspecified atom stereocenters. The van der Waals surface area contributed by atoms with Crippen LogP contribution in [0.25, 0.3) is 0 Å². The fourth-order valence-corrected chi connectivity index (χ4v) is 1.81. The average molecular weight is 252 g/mol. The Morgan fingerprint density at radius 2 is 2.28 bits per heavy atom. The van der Waals surface area contributed by atoms with Crippen LogP contribution in [0.4, 0.5) is 0 Å². The summed E-state index contributed by atoms with van der Waals surface area (Å²) in [6.07, 6.45) is 1.77. The number of carbonyl (C=O) groups excluding carboxylic acids is 1. The molecule has 5 nitrogen and oxygen atoms in total. The topological polar surface area (TPSA) is 72.9 Å². The Hall–Kier alpha value is -1.36. The molecule has 0 aliphatic heterocycles. The third kappa shape index (κ3) is 3.84. The van der Waals surface area contributed by atoms with Gasteiger partial charge in [0, 0.05) is 13.1 Å². The minimum Gasteiger partial charge on any atom is -0.350 e. The molecule has 1 aromatic rings. The van der Waals surface area contributed by atoms with Gasteiger partial charge in [-0.05, 0) is 38.3 Å². The van der Waals surface area contributed by atoms with Crippen molar-refractivity contribution in [1.82, 2.24) is 15.1 Å². The van der Waals surface area contributed by atoms with Crippen LogP contribution in [0.3, 0.4) is 0 Å². The van der Waals surface area contributed by atoms with Crippen molar-refractivity contribution in [1.29, 1.82) is 0 Å². The highest BCUT2D eigenvalue weighted by atomic mass is 16.2. The molecule has 0 saturated heterocycles. The maximum Gasteiger partial charge on any atom is 0.269 e. The third-order valence-electron chi connectivity index (χ3n) is 3.00. The van der Waals surface area contributed by atoms with E-state index in [1.807, 2.05) is 19.9 Å². The maximum atomic E-state index is 12.1. The Morgan fingerprint density at radius 1 is 1.56 bits per heavy atom. The van der Waals surface area contributed by atoms with Crippen molar-refractivity contribution < 1.29 is 4.79 Å². The molecule has 0 spiro atoms. The average Bonchev–Trinajstić information content (AvgIpc) is 2.79. The number of hydrogen-bond acceptors (Lipinski definition) is 3. The van der Waals surface area contributed by atoms with Gasteiger partial charge in [0.15, 0.2) is 0 Å². The van der Waals surface area contributed by atoms with Gasteiger partial charge in [-0.25, -0.2) is 0 Å². The van der Waals surface area contributed by atoms with Gasteiger partial charge in [0.25, 0.3) is 5.91 Å². The number of nitrogens with zero attached hydrogens (tertiary/aromatic N) is 2. The van der Waals surface area contributed by atoms with Crippen LogP contribution in [0.5, 0.6) is 0 Å². The SMILES string of the molecule is CCc1cc(C(=O)NCC(C)CCN)n(CC)n1. The molecule has 1 rings (SSSR count). The van der Waals surface area contributed by atoms with Crippen molar-refractivity contribution in [2.75, 3.05) is 13.1 Å². The second-order valence-corrected chi connectivity index (χ2v) is 4.58. The number of aromatic nitrogens is 2. The second-order valence-electron chi connectivity index (χ2n) is 4.58. The van der Waals surface area contributed by atoms with E-state index < -0.39 is 0 Å². The maximum absolute atomic E-state index is 12.1. The van der Waals surface area contributed by atoms with E-state index in [1.165, 1.54) is 0 Å². The van der Waals surface area contributed by atoms with E-state index in [4.69, 9.17) is 5.73 Å². The molecule has 0 aliphatic carbocycles. The zero-order valence-electron chi connectivity index (χ0n) is 11.6. The first kappa shape index (κ1) is 14.7. The molecule has 1 aromatic heterocycles. The fourth-order valence-electron chi connectivity index (χ4n) is 1.81. The highest BCUT2D eigenvalue weighted by Gasteiger charge is 2.14. The molecule has 1 amide bonds. The van der Waals surface area contributed by atoms with Gasteiger partial charge in [-0.15, -0.1) is 0 Å². The van der Waals surface area contributed by atoms with E-state index in [0.29, 0.717) is 31.2 Å². The standard InChI is InChI=1S/C13H24N4O/c1-4-11-8-12(17(5-2)16-11)13(18)15-9-10(3)6-7-14/h8,10H,4-7,9,14H2,1-3H3,(H,15,18). The lowest BCUT2D eigenvalue weighted by Crippen LogP contribution is -2.30. The summed E-state index contributed by atoms with van der Waals surface area (Å²) in [7, 11) is 0. The molecular weight excluding hydrogens is 228 g/mol. The first-order chi connectivity index (χ1) is 8.62. The molecule has 1 atom stereocenters. The molecule has 5 heteroatoms. The summed E-state index contributed by atoms with van der Waals surface area (Å²) in [6.45, 7) is 8.13. The van der Waals surface area contributed by atoms with Crippen LogP contribution in [0.1, 0.15) is 43.4 Å². The van der Waals surface area contributed by atoms with Gasteiger partial charge in [-0.3, -0.25) is 9.48 Å². The lowest BCUT2D eigenvalue weighted by atomic mass is 10.1. The van der Waals surface area contributed by atoms with Gasteiger partial charge < -0.3 is 11.1 Å². The number of carbonyl (C=O) groups is 1. The summed E-state index contributed by atoms with van der Waals surface area (Å²) in [4.78, 5) is 12.1. The molecule has 18 heavy (non-hydrogen) atoms. The molecule has 0 aliphatic rings. The molecule has 0 fully saturated rings. The van der Waals surface area contributed by atoms with Crippen molar-refractivity contribution in [3.05, 3.63) is 17.5 Å². The van der Waals surface area contributed by atoms with Crippen molar-refractivity contribution >= 4 is 5.91 Å². The van der Waals surface area contributed by atoms with Gasteiger partial charge in [0.2, 0.25) is 0 Å². The van der Waals surface area contributed by atoms with E-state index in [-0.39, 0.29) is 5.91 Å². The Labute approximate surface area is 109 Å². The van der Waals surface area contributed by atoms with Gasteiger partial charge in [-0.1, -0.05) is 13.8 Å². The van der Waals surface area contributed by atoms with E-state index in [1.54, 1.807) is 4.68 Å². The summed E-state index contributed by atoms with van der Waals surface area (Å²) >= 11 is 0. The molecular formula is C13H24N4O. The van der Waals surface area contributed by atoms with Crippen LogP contribution in [0, 0.1) is 5.92 Å². The normalized spacial score (nSPS) is 12.4. The number of rotatable bonds is 7. The summed E-state index contributed by atoms with van der Waals surface area (Å²) in [6, 6.07) is 1.87. The number of nitrogens with two attached hydrogens (primary N) is 1. The second kappa shape index (κ2) is 7.16. The van der Waals surface area contributed by atoms with E-state index in [0.717, 1.165) is 18.5 Å². The van der Waals surface area contributed by atoms with Crippen molar-refractivity contribution in [3.63, 3.8) is 0 Å². The Balaban J connectivity index is 2.63. The zero-order valence-corrected chi connectivity index (χ0v) is 11.6. The largest absolute Gasteiger partial charge is 0.350 e. The summed E-state index contributed by atoms with van der Waals surface area (Å²) in [5, 5.41) is 7.31. The molecule has 0 bridgehead atoms. The Bertz CT molecular complexity index is 386. The predicted octanol–water partition coefficient (Wildman–Crippen LogP) is 1.18. The van der Waals surface area contributed by atoms with Crippen molar-refractivity contribution in [2.24, 2.45) is 11.7 Å². The number of amides is 1. The van der Waals surface area contributed by atoms with Gasteiger partial charge in [-0.2, -0.15) is 5.10 Å². The van der Waals surface area contributed by atoms with E-state index in [9.17, 15) is 4.79 Å². The quantitative estimate of drug-likeness (QED) is 0.765. The van der Waals surface area contributed by atoms with E-state index >= 15 is 0 Å². The number of hydrogen-bond donors (Lipinski definition) is 2. The van der Waals surface area contributed by atoms with Crippen LogP contribution in [0.15, 0.2) is 6.07 Å². The van der Waals surface area contributed by atoms with Crippen LogP contribution in [0.2, 0.25) is 0 Å². The minimum absolute atomic E-state index is 0.0482. The van der Waals surface area contributed by atoms with Crippen LogP contribution < -0.4 is 11.1 Å². The predicted molar refractivity (Wildman–Crippen MR) is 72.4 cm³/mol. The van der Waals surface area contributed by atoms with Gasteiger partial charge in [0.05, 0.1) is 5.69 Å². The minimum atomic E-state index is -0.0482. The molecule has 3 N–H and O–H groups in total. The molecule has 0 aromatic carbocycles. The van der Waals surface area contributed by atoms with Gasteiger partial charge in [0.1, 0.15) is 5.69 Å².